The van der Waals surface area contributed by atoms with Gasteiger partial charge in [0.15, 0.2) is 0 Å². The zero-order chi connectivity index (χ0) is 19.2. The van der Waals surface area contributed by atoms with Crippen LogP contribution in [0.2, 0.25) is 0 Å². The number of nitrogens with one attached hydrogen (secondary N) is 1. The van der Waals surface area contributed by atoms with E-state index < -0.39 is 5.51 Å². The van der Waals surface area contributed by atoms with E-state index in [-0.39, 0.29) is 22.2 Å². The molecule has 1 aliphatic carbocycles. The van der Waals surface area contributed by atoms with Crippen LogP contribution in [0.1, 0.15) is 12.8 Å². The summed E-state index contributed by atoms with van der Waals surface area (Å²) in [6, 6.07) is 5.36. The molecular weight excluding hydrogens is 492 g/mol. The van der Waals surface area contributed by atoms with Gasteiger partial charge in [-0.1, -0.05) is 6.07 Å². The lowest BCUT2D eigenvalue weighted by Crippen LogP contribution is -2.42. The van der Waals surface area contributed by atoms with Crippen LogP contribution in [0.4, 0.5) is 19.0 Å². The summed E-state index contributed by atoms with van der Waals surface area (Å²) in [5.74, 6) is 1.31. The van der Waals surface area contributed by atoms with Crippen molar-refractivity contribution in [2.24, 2.45) is 5.92 Å². The van der Waals surface area contributed by atoms with Crippen molar-refractivity contribution in [3.63, 3.8) is 0 Å². The molecule has 10 heteroatoms. The van der Waals surface area contributed by atoms with Crippen LogP contribution in [0.5, 0.6) is 0 Å². The van der Waals surface area contributed by atoms with Gasteiger partial charge in [0.25, 0.3) is 0 Å². The molecule has 2 fully saturated rings. The maximum atomic E-state index is 12.9. The van der Waals surface area contributed by atoms with Gasteiger partial charge >= 0.3 is 5.51 Å². The minimum Gasteiger partial charge on any atom is -0.383 e. The molecule has 148 valence electrons. The first-order valence-corrected chi connectivity index (χ1v) is 10.6. The van der Waals surface area contributed by atoms with Gasteiger partial charge in [0.1, 0.15) is 9.52 Å². The van der Waals surface area contributed by atoms with Crippen LogP contribution in [-0.4, -0.2) is 58.9 Å². The number of nitrogens with zero attached hydrogens (tertiary/aromatic N) is 3. The molecule has 3 heterocycles. The van der Waals surface area contributed by atoms with Gasteiger partial charge in [-0.05, 0) is 65.2 Å². The summed E-state index contributed by atoms with van der Waals surface area (Å²) >= 11 is 1.77. The van der Waals surface area contributed by atoms with Crippen molar-refractivity contribution in [3.8, 4) is 0 Å². The molecule has 2 atom stereocenters. The fraction of sp³-hybridized carbons (Fsp3) is 0.588. The summed E-state index contributed by atoms with van der Waals surface area (Å²) in [5, 5.41) is 7.96. The summed E-state index contributed by atoms with van der Waals surface area (Å²) in [6.45, 7) is 3.69. The quantitative estimate of drug-likeness (QED) is 0.467. The van der Waals surface area contributed by atoms with Crippen molar-refractivity contribution in [1.82, 2.24) is 14.5 Å². The standard InChI is InChI=1S/C17H20F3IN4OS/c1-26-8-7-24-6-5-16(9-11(16)10-24)22-13-4-2-3-12-14(27-17(18,19)20)15(21)23-25(12)13/h2-4,11,22H,5-10H2,1H3. The Bertz CT molecular complexity index is 845. The first kappa shape index (κ1) is 19.6. The summed E-state index contributed by atoms with van der Waals surface area (Å²) in [5.41, 5.74) is -3.81. The molecule has 1 aliphatic heterocycles. The summed E-state index contributed by atoms with van der Waals surface area (Å²) in [4.78, 5) is 2.57. The molecule has 1 saturated carbocycles. The van der Waals surface area contributed by atoms with Gasteiger partial charge in [0.2, 0.25) is 0 Å². The van der Waals surface area contributed by atoms with Crippen LogP contribution in [0.3, 0.4) is 0 Å². The fourth-order valence-corrected chi connectivity index (χ4v) is 5.34. The molecule has 1 saturated heterocycles. The molecule has 0 aromatic carbocycles. The lowest BCUT2D eigenvalue weighted by atomic mass is 10.0. The monoisotopic (exact) mass is 512 g/mol. The van der Waals surface area contributed by atoms with Gasteiger partial charge in [-0.25, -0.2) is 4.52 Å². The number of anilines is 1. The zero-order valence-corrected chi connectivity index (χ0v) is 17.7. The van der Waals surface area contributed by atoms with Gasteiger partial charge < -0.3 is 15.0 Å². The molecule has 0 radical (unpaired) electrons. The van der Waals surface area contributed by atoms with Crippen LogP contribution in [0, 0.1) is 9.62 Å². The third-order valence-electron chi connectivity index (χ3n) is 5.36. The van der Waals surface area contributed by atoms with E-state index in [4.69, 9.17) is 4.74 Å². The van der Waals surface area contributed by atoms with Crippen molar-refractivity contribution >= 4 is 45.7 Å². The number of hydrogen-bond donors (Lipinski definition) is 1. The Morgan fingerprint density at radius 3 is 2.96 bits per heavy atom. The average molecular weight is 512 g/mol. The maximum Gasteiger partial charge on any atom is 0.446 e. The van der Waals surface area contributed by atoms with Crippen LogP contribution < -0.4 is 5.32 Å². The normalized spacial score (nSPS) is 25.6. The van der Waals surface area contributed by atoms with Gasteiger partial charge in [-0.3, -0.25) is 0 Å². The van der Waals surface area contributed by atoms with E-state index in [0.717, 1.165) is 44.9 Å². The number of likely N-dealkylation sites (tertiary alicyclic amines) is 1. The molecule has 27 heavy (non-hydrogen) atoms. The van der Waals surface area contributed by atoms with Crippen molar-refractivity contribution in [1.29, 1.82) is 0 Å². The van der Waals surface area contributed by atoms with Crippen molar-refractivity contribution in [3.05, 3.63) is 21.9 Å². The van der Waals surface area contributed by atoms with Crippen molar-refractivity contribution in [2.45, 2.75) is 28.8 Å². The Morgan fingerprint density at radius 2 is 2.26 bits per heavy atom. The minimum atomic E-state index is -4.33. The lowest BCUT2D eigenvalue weighted by molar-refractivity contribution is -0.0328. The number of thioether (sulfide) groups is 1. The summed E-state index contributed by atoms with van der Waals surface area (Å²) in [7, 11) is 1.71. The van der Waals surface area contributed by atoms with Gasteiger partial charge in [0.05, 0.1) is 17.0 Å². The third-order valence-corrected chi connectivity index (χ3v) is 7.32. The number of alkyl halides is 3. The number of methoxy groups -OCH3 is 1. The zero-order valence-electron chi connectivity index (χ0n) is 14.7. The Labute approximate surface area is 173 Å². The van der Waals surface area contributed by atoms with E-state index in [2.05, 4.69) is 15.3 Å². The molecule has 0 amide bonds. The van der Waals surface area contributed by atoms with Crippen LogP contribution in [-0.2, 0) is 4.74 Å². The third kappa shape index (κ3) is 4.03. The van der Waals surface area contributed by atoms with Gasteiger partial charge in [0, 0.05) is 32.3 Å². The van der Waals surface area contributed by atoms with Crippen LogP contribution in [0.25, 0.3) is 5.52 Å². The summed E-state index contributed by atoms with van der Waals surface area (Å²) < 4.78 is 45.8. The van der Waals surface area contributed by atoms with E-state index >= 15 is 0 Å². The number of ether oxygens (including phenoxy) is 1. The molecule has 5 nitrogen and oxygen atoms in total. The first-order chi connectivity index (χ1) is 12.8. The molecule has 2 aliphatic rings. The Morgan fingerprint density at radius 1 is 1.44 bits per heavy atom. The topological polar surface area (TPSA) is 41.8 Å². The molecule has 0 spiro atoms. The number of piperidine rings is 1. The Balaban J connectivity index is 1.53. The molecule has 2 unspecified atom stereocenters. The molecule has 0 bridgehead atoms. The van der Waals surface area contributed by atoms with Gasteiger partial charge in [-0.15, -0.1) is 0 Å². The fourth-order valence-electron chi connectivity index (χ4n) is 3.91. The molecule has 2 aromatic rings. The van der Waals surface area contributed by atoms with E-state index in [0.29, 0.717) is 15.1 Å². The number of pyridine rings is 1. The van der Waals surface area contributed by atoms with Crippen LogP contribution >= 0.6 is 34.4 Å². The number of halogens is 4. The molecular formula is C17H20F3IN4OS. The first-order valence-electron chi connectivity index (χ1n) is 8.74. The largest absolute Gasteiger partial charge is 0.446 e. The summed E-state index contributed by atoms with van der Waals surface area (Å²) in [6.07, 6.45) is 2.09. The van der Waals surface area contributed by atoms with E-state index in [9.17, 15) is 13.2 Å². The SMILES string of the molecule is COCCN1CCC2(Nc3cccc4c(SC(F)(F)F)c(I)nn34)CC2C1. The number of fused-ring (bicyclic) bond motifs is 2. The molecule has 2 aromatic heterocycles. The lowest BCUT2D eigenvalue weighted by Gasteiger charge is -2.32. The molecule has 4 rings (SSSR count). The highest BCUT2D eigenvalue weighted by atomic mass is 127. The maximum absolute atomic E-state index is 12.9. The van der Waals surface area contributed by atoms with Crippen molar-refractivity contribution < 1.29 is 17.9 Å². The molecule has 1 N–H and O–H groups in total. The minimum absolute atomic E-state index is 0.0343. The highest BCUT2D eigenvalue weighted by molar-refractivity contribution is 14.1. The van der Waals surface area contributed by atoms with Crippen molar-refractivity contribution in [2.75, 3.05) is 38.7 Å². The van der Waals surface area contributed by atoms with E-state index in [1.807, 2.05) is 28.7 Å². The Kier molecular flexibility index (Phi) is 5.27. The predicted molar refractivity (Wildman–Crippen MR) is 107 cm³/mol. The smallest absolute Gasteiger partial charge is 0.383 e. The Hall–Kier alpha value is -0.720. The van der Waals surface area contributed by atoms with E-state index in [1.165, 1.54) is 0 Å². The second-order valence-electron chi connectivity index (χ2n) is 7.10. The number of rotatable bonds is 6. The second-order valence-corrected chi connectivity index (χ2v) is 9.20. The number of hydrogen-bond acceptors (Lipinski definition) is 5. The van der Waals surface area contributed by atoms with Gasteiger partial charge in [-0.2, -0.15) is 18.3 Å². The highest BCUT2D eigenvalue weighted by Gasteiger charge is 2.56. The van der Waals surface area contributed by atoms with E-state index in [1.54, 1.807) is 23.8 Å². The number of aromatic nitrogens is 2. The predicted octanol–water partition coefficient (Wildman–Crippen LogP) is 4.07. The highest BCUT2D eigenvalue weighted by Crippen LogP contribution is 2.52. The second kappa shape index (κ2) is 7.27. The van der Waals surface area contributed by atoms with Crippen LogP contribution in [0.15, 0.2) is 23.1 Å². The average Bonchev–Trinajstić information content (AvgIpc) is 3.22.